The quantitative estimate of drug-likeness (QED) is 0.788. The maximum atomic E-state index is 11.9. The van der Waals surface area contributed by atoms with Gasteiger partial charge in [0.2, 0.25) is 0 Å². The van der Waals surface area contributed by atoms with E-state index in [-0.39, 0.29) is 16.9 Å². The van der Waals surface area contributed by atoms with Gasteiger partial charge in [-0.05, 0) is 12.1 Å². The lowest BCUT2D eigenvalue weighted by molar-refractivity contribution is 0.103. The van der Waals surface area contributed by atoms with Crippen LogP contribution in [-0.2, 0) is 0 Å². The van der Waals surface area contributed by atoms with Crippen LogP contribution in [0.3, 0.4) is 0 Å². The second kappa shape index (κ2) is 4.91. The first-order valence-electron chi connectivity index (χ1n) is 5.36. The molecule has 0 radical (unpaired) electrons. The maximum absolute atomic E-state index is 11.9. The first kappa shape index (κ1) is 12.0. The molecule has 94 valence electrons. The van der Waals surface area contributed by atoms with Gasteiger partial charge in [-0.3, -0.25) is 9.78 Å². The molecule has 2 aromatic heterocycles. The summed E-state index contributed by atoms with van der Waals surface area (Å²) in [5.41, 5.74) is 2.94. The van der Waals surface area contributed by atoms with E-state index in [9.17, 15) is 4.79 Å². The van der Waals surface area contributed by atoms with Crippen LogP contribution in [0.15, 0.2) is 36.0 Å². The highest BCUT2D eigenvalue weighted by molar-refractivity contribution is 7.11. The number of thiazole rings is 1. The average molecular weight is 291 g/mol. The molecule has 3 aromatic rings. The fraction of sp³-hybridized carbons (Fsp3) is 0. The smallest absolute Gasteiger partial charge is 0.268 e. The third-order valence-corrected chi connectivity index (χ3v) is 3.45. The molecular weight excluding hydrogens is 284 g/mol. The zero-order valence-electron chi connectivity index (χ0n) is 9.50. The molecular formula is C12H7ClN4OS. The fourth-order valence-electron chi connectivity index (χ4n) is 1.56. The van der Waals surface area contributed by atoms with E-state index in [2.05, 4.69) is 20.3 Å². The largest absolute Gasteiger partial charge is 0.303 e. The maximum Gasteiger partial charge on any atom is 0.268 e. The molecule has 3 rings (SSSR count). The summed E-state index contributed by atoms with van der Waals surface area (Å²) in [6, 6.07) is 7.31. The Kier molecular flexibility index (Phi) is 3.10. The van der Waals surface area contributed by atoms with Gasteiger partial charge in [0.25, 0.3) is 5.91 Å². The van der Waals surface area contributed by atoms with Crippen LogP contribution < -0.4 is 5.32 Å². The molecule has 0 atom stereocenters. The number of amides is 1. The summed E-state index contributed by atoms with van der Waals surface area (Å²) in [4.78, 5) is 24.7. The Labute approximate surface area is 117 Å². The van der Waals surface area contributed by atoms with Crippen molar-refractivity contribution in [1.29, 1.82) is 0 Å². The van der Waals surface area contributed by atoms with Gasteiger partial charge >= 0.3 is 0 Å². The number of carbonyl (C=O) groups excluding carboxylic acids is 1. The van der Waals surface area contributed by atoms with Crippen LogP contribution in [0.4, 0.5) is 5.82 Å². The number of halogens is 1. The first-order chi connectivity index (χ1) is 9.24. The lowest BCUT2D eigenvalue weighted by atomic mass is 10.3. The molecule has 0 fully saturated rings. The number of benzene rings is 1. The Hall–Kier alpha value is -2.05. The Morgan fingerprint density at radius 2 is 1.95 bits per heavy atom. The number of anilines is 1. The van der Waals surface area contributed by atoms with Gasteiger partial charge in [-0.2, -0.15) is 0 Å². The Bertz CT molecular complexity index is 745. The molecule has 0 bridgehead atoms. The van der Waals surface area contributed by atoms with Crippen molar-refractivity contribution in [3.05, 3.63) is 46.0 Å². The van der Waals surface area contributed by atoms with E-state index in [0.29, 0.717) is 15.9 Å². The summed E-state index contributed by atoms with van der Waals surface area (Å²) in [6.07, 6.45) is 1.49. The Morgan fingerprint density at radius 3 is 2.63 bits per heavy atom. The van der Waals surface area contributed by atoms with Gasteiger partial charge in [0.1, 0.15) is 4.88 Å². The summed E-state index contributed by atoms with van der Waals surface area (Å²) < 4.78 is 0. The molecule has 0 aliphatic rings. The second-order valence-electron chi connectivity index (χ2n) is 3.67. The van der Waals surface area contributed by atoms with Crippen molar-refractivity contribution in [3.8, 4) is 0 Å². The van der Waals surface area contributed by atoms with Crippen LogP contribution in [0, 0.1) is 0 Å². The highest BCUT2D eigenvalue weighted by Crippen LogP contribution is 2.21. The predicted octanol–water partition coefficient (Wildman–Crippen LogP) is 2.99. The lowest BCUT2D eigenvalue weighted by Crippen LogP contribution is -2.12. The van der Waals surface area contributed by atoms with Crippen LogP contribution in [0.5, 0.6) is 0 Å². The summed E-state index contributed by atoms with van der Waals surface area (Å²) in [6.45, 7) is 0. The molecule has 0 saturated heterocycles. The number of rotatable bonds is 2. The summed E-state index contributed by atoms with van der Waals surface area (Å²) in [7, 11) is 0. The van der Waals surface area contributed by atoms with E-state index in [1.54, 1.807) is 11.6 Å². The molecule has 0 saturated carbocycles. The van der Waals surface area contributed by atoms with Crippen molar-refractivity contribution in [2.75, 3.05) is 5.32 Å². The number of para-hydroxylation sites is 2. The topological polar surface area (TPSA) is 67.8 Å². The number of nitrogens with one attached hydrogen (secondary N) is 1. The van der Waals surface area contributed by atoms with Crippen molar-refractivity contribution in [1.82, 2.24) is 15.0 Å². The van der Waals surface area contributed by atoms with Gasteiger partial charge in [0.15, 0.2) is 11.0 Å². The molecule has 1 amide bonds. The van der Waals surface area contributed by atoms with Gasteiger partial charge in [-0.1, -0.05) is 23.7 Å². The van der Waals surface area contributed by atoms with Crippen LogP contribution in [0.2, 0.25) is 5.15 Å². The third-order valence-electron chi connectivity index (χ3n) is 2.42. The van der Waals surface area contributed by atoms with E-state index < -0.39 is 0 Å². The van der Waals surface area contributed by atoms with E-state index >= 15 is 0 Å². The average Bonchev–Trinajstić information content (AvgIpc) is 2.93. The molecule has 0 spiro atoms. The first-order valence-corrected chi connectivity index (χ1v) is 6.62. The molecule has 0 aliphatic carbocycles. The minimum absolute atomic E-state index is 0.163. The molecule has 1 N–H and O–H groups in total. The van der Waals surface area contributed by atoms with E-state index in [1.165, 1.54) is 17.5 Å². The van der Waals surface area contributed by atoms with Crippen molar-refractivity contribution < 1.29 is 4.79 Å². The van der Waals surface area contributed by atoms with E-state index in [1.807, 2.05) is 18.2 Å². The van der Waals surface area contributed by atoms with Gasteiger partial charge in [0.05, 0.1) is 22.7 Å². The number of hydrogen-bond donors (Lipinski definition) is 1. The predicted molar refractivity (Wildman–Crippen MR) is 74.6 cm³/mol. The van der Waals surface area contributed by atoms with Crippen LogP contribution >= 0.6 is 22.9 Å². The lowest BCUT2D eigenvalue weighted by Gasteiger charge is -2.05. The molecule has 0 aliphatic heterocycles. The van der Waals surface area contributed by atoms with Crippen molar-refractivity contribution in [2.24, 2.45) is 0 Å². The molecule has 7 heteroatoms. The number of carbonyl (C=O) groups is 1. The van der Waals surface area contributed by atoms with Gasteiger partial charge in [0, 0.05) is 0 Å². The number of nitrogens with zero attached hydrogens (tertiary/aromatic N) is 3. The normalized spacial score (nSPS) is 10.6. The van der Waals surface area contributed by atoms with Crippen LogP contribution in [0.1, 0.15) is 9.67 Å². The minimum Gasteiger partial charge on any atom is -0.303 e. The van der Waals surface area contributed by atoms with E-state index in [0.717, 1.165) is 0 Å². The van der Waals surface area contributed by atoms with E-state index in [4.69, 9.17) is 11.6 Å². The number of fused-ring (bicyclic) bond motifs is 1. The zero-order valence-corrected chi connectivity index (χ0v) is 11.1. The number of aromatic nitrogens is 3. The van der Waals surface area contributed by atoms with Gasteiger partial charge in [-0.15, -0.1) is 11.3 Å². The highest BCUT2D eigenvalue weighted by atomic mass is 35.5. The van der Waals surface area contributed by atoms with Gasteiger partial charge in [-0.25, -0.2) is 9.97 Å². The SMILES string of the molecule is O=C(Nc1nc2ccccc2nc1Cl)c1cncs1. The highest BCUT2D eigenvalue weighted by Gasteiger charge is 2.12. The molecule has 19 heavy (non-hydrogen) atoms. The summed E-state index contributed by atoms with van der Waals surface area (Å²) >= 11 is 7.25. The second-order valence-corrected chi connectivity index (χ2v) is 4.92. The van der Waals surface area contributed by atoms with Gasteiger partial charge < -0.3 is 5.32 Å². The van der Waals surface area contributed by atoms with Crippen molar-refractivity contribution >= 4 is 45.7 Å². The van der Waals surface area contributed by atoms with Crippen molar-refractivity contribution in [3.63, 3.8) is 0 Å². The summed E-state index contributed by atoms with van der Waals surface area (Å²) in [5.74, 6) is -0.0484. The molecule has 2 heterocycles. The number of hydrogen-bond acceptors (Lipinski definition) is 5. The molecule has 0 unspecified atom stereocenters. The standard InChI is InChI=1S/C12H7ClN4OS/c13-10-11(17-12(18)9-5-14-6-19-9)16-8-4-2-1-3-7(8)15-10/h1-6H,(H,16,17,18). The van der Waals surface area contributed by atoms with Crippen LogP contribution in [-0.4, -0.2) is 20.9 Å². The molecule has 1 aromatic carbocycles. The van der Waals surface area contributed by atoms with Crippen LogP contribution in [0.25, 0.3) is 11.0 Å². The minimum atomic E-state index is -0.297. The third kappa shape index (κ3) is 2.40. The zero-order chi connectivity index (χ0) is 13.2. The fourth-order valence-corrected chi connectivity index (χ4v) is 2.25. The molecule has 5 nitrogen and oxygen atoms in total. The summed E-state index contributed by atoms with van der Waals surface area (Å²) in [5, 5.41) is 2.79. The Morgan fingerprint density at radius 1 is 1.21 bits per heavy atom. The monoisotopic (exact) mass is 290 g/mol. The van der Waals surface area contributed by atoms with Crippen molar-refractivity contribution in [2.45, 2.75) is 0 Å². The Balaban J connectivity index is 1.96.